The summed E-state index contributed by atoms with van der Waals surface area (Å²) in [4.78, 5) is 12.5. The quantitative estimate of drug-likeness (QED) is 0.194. The van der Waals surface area contributed by atoms with Crippen molar-refractivity contribution in [2.45, 2.75) is 75.0 Å². The first-order valence-corrected chi connectivity index (χ1v) is 15.6. The van der Waals surface area contributed by atoms with Crippen molar-refractivity contribution in [2.75, 3.05) is 0 Å². The van der Waals surface area contributed by atoms with Gasteiger partial charge in [0.15, 0.2) is 0 Å². The van der Waals surface area contributed by atoms with E-state index < -0.39 is 20.9 Å². The number of unbranched alkanes of at least 4 members (excludes halogenated alkanes) is 5. The summed E-state index contributed by atoms with van der Waals surface area (Å²) in [5, 5.41) is 2.35. The van der Waals surface area contributed by atoms with Crippen LogP contribution in [0.2, 0.25) is 5.32 Å². The van der Waals surface area contributed by atoms with E-state index in [9.17, 15) is 4.79 Å². The molecule has 2 aromatic carbocycles. The van der Waals surface area contributed by atoms with Crippen molar-refractivity contribution in [3.05, 3.63) is 66.2 Å². The van der Waals surface area contributed by atoms with Crippen LogP contribution >= 0.6 is 0 Å². The van der Waals surface area contributed by atoms with E-state index in [0.717, 1.165) is 16.5 Å². The Morgan fingerprint density at radius 1 is 0.897 bits per heavy atom. The molecule has 0 heterocycles. The predicted octanol–water partition coefficient (Wildman–Crippen LogP) is 5.98. The van der Waals surface area contributed by atoms with E-state index in [4.69, 9.17) is 4.74 Å². The number of rotatable bonds is 15. The van der Waals surface area contributed by atoms with Gasteiger partial charge in [0.1, 0.15) is 0 Å². The Bertz CT molecular complexity index is 663. The molecule has 1 unspecified atom stereocenters. The van der Waals surface area contributed by atoms with Crippen LogP contribution in [0.15, 0.2) is 60.7 Å². The molecule has 0 aromatic heterocycles. The predicted molar refractivity (Wildman–Crippen MR) is 125 cm³/mol. The van der Waals surface area contributed by atoms with Crippen LogP contribution in [0.1, 0.15) is 63.9 Å². The van der Waals surface area contributed by atoms with E-state index in [2.05, 4.69) is 49.4 Å². The number of carbonyl (C=O) groups excluding carboxylic acids is 1. The van der Waals surface area contributed by atoms with Crippen molar-refractivity contribution < 1.29 is 9.53 Å². The molecule has 0 fully saturated rings. The molecule has 0 aliphatic carbocycles. The minimum atomic E-state index is -0.908. The molecule has 2 rings (SSSR count). The van der Waals surface area contributed by atoms with Crippen molar-refractivity contribution >= 4 is 43.5 Å². The zero-order valence-corrected chi connectivity index (χ0v) is 21.6. The van der Waals surface area contributed by atoms with Crippen LogP contribution in [0.3, 0.4) is 0 Å². The first-order chi connectivity index (χ1) is 14.3. The molecule has 0 radical (unpaired) electrons. The number of ether oxygens (including phenoxy) is 1. The van der Waals surface area contributed by atoms with Crippen LogP contribution in [0, 0.1) is 0 Å². The van der Waals surface area contributed by atoms with Gasteiger partial charge in [0.2, 0.25) is 0 Å². The Morgan fingerprint density at radius 2 is 1.55 bits per heavy atom. The minimum absolute atomic E-state index is 0.0492. The molecule has 158 valence electrons. The molecule has 0 N–H and O–H groups in total. The standard InChI is InChI=1S/C25H34O2SeTe/c1-2-3-4-5-6-11-16-23(19-20-28-21-22-14-9-7-10-15-22)27-25(26)29-24-17-12-8-13-18-24/h7-10,12-15,17-18,23H,2-6,11,16,19-21H2,1H3. The fourth-order valence-corrected chi connectivity index (χ4v) is 7.15. The third kappa shape index (κ3) is 11.9. The van der Waals surface area contributed by atoms with Crippen LogP contribution in [0.25, 0.3) is 0 Å². The van der Waals surface area contributed by atoms with Gasteiger partial charge < -0.3 is 0 Å². The molecule has 2 nitrogen and oxygen atoms in total. The topological polar surface area (TPSA) is 26.3 Å². The SMILES string of the molecule is CCCCCCCCC(CC[Se]Cc1ccccc1)OC(=O)[Te]c1ccccc1. The summed E-state index contributed by atoms with van der Waals surface area (Å²) in [5.74, 6) is 0. The second kappa shape index (κ2) is 16.0. The number of carbonyl (C=O) groups is 1. The Morgan fingerprint density at radius 3 is 2.28 bits per heavy atom. The fourth-order valence-electron chi connectivity index (χ4n) is 3.14. The Labute approximate surface area is 193 Å². The fraction of sp³-hybridized carbons (Fsp3) is 0.480. The Kier molecular flexibility index (Phi) is 13.5. The first kappa shape index (κ1) is 24.5. The van der Waals surface area contributed by atoms with Gasteiger partial charge in [0, 0.05) is 0 Å². The van der Waals surface area contributed by atoms with Crippen LogP contribution in [-0.4, -0.2) is 46.0 Å². The van der Waals surface area contributed by atoms with Crippen molar-refractivity contribution in [3.63, 3.8) is 0 Å². The van der Waals surface area contributed by atoms with E-state index >= 15 is 0 Å². The van der Waals surface area contributed by atoms with Crippen LogP contribution in [0.4, 0.5) is 4.79 Å². The first-order valence-electron chi connectivity index (χ1n) is 10.8. The summed E-state index contributed by atoms with van der Waals surface area (Å²) in [5.41, 5.74) is 1.42. The van der Waals surface area contributed by atoms with Gasteiger partial charge in [-0.25, -0.2) is 0 Å². The zero-order chi connectivity index (χ0) is 20.6. The third-order valence-electron chi connectivity index (χ3n) is 4.78. The zero-order valence-electron chi connectivity index (χ0n) is 17.6. The molecule has 0 saturated carbocycles. The normalized spacial score (nSPS) is 11.9. The average Bonchev–Trinajstić information content (AvgIpc) is 2.75. The number of hydrogen-bond donors (Lipinski definition) is 0. The Hall–Kier alpha value is -0.781. The van der Waals surface area contributed by atoms with Gasteiger partial charge in [-0.2, -0.15) is 0 Å². The van der Waals surface area contributed by atoms with Gasteiger partial charge in [-0.1, -0.05) is 0 Å². The summed E-state index contributed by atoms with van der Waals surface area (Å²) in [6.07, 6.45) is 9.87. The third-order valence-corrected chi connectivity index (χ3v) is 9.21. The second-order valence-electron chi connectivity index (χ2n) is 7.29. The van der Waals surface area contributed by atoms with E-state index in [0.29, 0.717) is 15.0 Å². The van der Waals surface area contributed by atoms with E-state index in [1.165, 1.54) is 54.7 Å². The van der Waals surface area contributed by atoms with E-state index in [1.807, 2.05) is 18.2 Å². The molecule has 0 saturated heterocycles. The summed E-state index contributed by atoms with van der Waals surface area (Å²) < 4.78 is 7.17. The van der Waals surface area contributed by atoms with Crippen molar-refractivity contribution in [3.8, 4) is 0 Å². The monoisotopic (exact) mass is 576 g/mol. The summed E-state index contributed by atoms with van der Waals surface area (Å²) in [7, 11) is 0. The summed E-state index contributed by atoms with van der Waals surface area (Å²) in [6, 6.07) is 20.8. The van der Waals surface area contributed by atoms with Crippen molar-refractivity contribution in [2.24, 2.45) is 0 Å². The van der Waals surface area contributed by atoms with Crippen molar-refractivity contribution in [1.29, 1.82) is 0 Å². The van der Waals surface area contributed by atoms with Gasteiger partial charge >= 0.3 is 194 Å². The van der Waals surface area contributed by atoms with Crippen LogP contribution in [0.5, 0.6) is 0 Å². The number of hydrogen-bond acceptors (Lipinski definition) is 2. The average molecular weight is 573 g/mol. The van der Waals surface area contributed by atoms with Crippen LogP contribution < -0.4 is 3.61 Å². The second-order valence-corrected chi connectivity index (χ2v) is 12.5. The molecule has 29 heavy (non-hydrogen) atoms. The molecule has 0 amide bonds. The van der Waals surface area contributed by atoms with Gasteiger partial charge in [0.25, 0.3) is 0 Å². The molecule has 0 spiro atoms. The van der Waals surface area contributed by atoms with Gasteiger partial charge in [-0.3, -0.25) is 0 Å². The molecule has 0 aliphatic heterocycles. The van der Waals surface area contributed by atoms with Gasteiger partial charge in [-0.05, 0) is 0 Å². The van der Waals surface area contributed by atoms with E-state index in [1.54, 1.807) is 0 Å². The van der Waals surface area contributed by atoms with Gasteiger partial charge in [-0.15, -0.1) is 0 Å². The Balaban J connectivity index is 1.74. The molecule has 0 aliphatic rings. The number of benzene rings is 2. The molecule has 4 heteroatoms. The molecule has 1 atom stereocenters. The maximum atomic E-state index is 12.5. The molecular weight excluding hydrogens is 539 g/mol. The van der Waals surface area contributed by atoms with Crippen molar-refractivity contribution in [1.82, 2.24) is 0 Å². The molecular formula is C25H34O2SeTe. The molecule has 0 bridgehead atoms. The summed E-state index contributed by atoms with van der Waals surface area (Å²) in [6.45, 7) is 2.25. The van der Waals surface area contributed by atoms with E-state index in [-0.39, 0.29) is 10.1 Å². The molecule has 2 aromatic rings. The van der Waals surface area contributed by atoms with Crippen LogP contribution in [-0.2, 0) is 10.1 Å². The van der Waals surface area contributed by atoms with Gasteiger partial charge in [0.05, 0.1) is 0 Å². The summed E-state index contributed by atoms with van der Waals surface area (Å²) >= 11 is -0.335. The maximum absolute atomic E-state index is 12.5.